The van der Waals surface area contributed by atoms with Crippen LogP contribution in [0.5, 0.6) is 0 Å². The van der Waals surface area contributed by atoms with E-state index >= 15 is 0 Å². The Bertz CT molecular complexity index is 702. The van der Waals surface area contributed by atoms with Gasteiger partial charge >= 0.3 is 0 Å². The van der Waals surface area contributed by atoms with Gasteiger partial charge in [0, 0.05) is 51.7 Å². The van der Waals surface area contributed by atoms with E-state index in [1.807, 2.05) is 45.8 Å². The molecule has 128 valence electrons. The van der Waals surface area contributed by atoms with Crippen molar-refractivity contribution in [2.75, 3.05) is 55.0 Å². The normalized spacial score (nSPS) is 14.9. The van der Waals surface area contributed by atoms with Crippen molar-refractivity contribution in [3.63, 3.8) is 0 Å². The van der Waals surface area contributed by atoms with Gasteiger partial charge in [0.25, 0.3) is 0 Å². The molecule has 1 fully saturated rings. The zero-order valence-electron chi connectivity index (χ0n) is 15.0. The molecule has 8 nitrogen and oxygen atoms in total. The van der Waals surface area contributed by atoms with Gasteiger partial charge in [-0.15, -0.1) is 0 Å². The first-order chi connectivity index (χ1) is 11.4. The number of anilines is 3. The highest BCUT2D eigenvalue weighted by Gasteiger charge is 2.22. The molecule has 0 amide bonds. The highest BCUT2D eigenvalue weighted by atomic mass is 15.4. The quantitative estimate of drug-likeness (QED) is 0.825. The Morgan fingerprint density at radius 1 is 0.750 bits per heavy atom. The van der Waals surface area contributed by atoms with Crippen molar-refractivity contribution in [1.82, 2.24) is 24.9 Å². The van der Waals surface area contributed by atoms with E-state index < -0.39 is 0 Å². The van der Waals surface area contributed by atoms with Gasteiger partial charge in [-0.3, -0.25) is 0 Å². The fourth-order valence-electron chi connectivity index (χ4n) is 2.75. The molecule has 1 aliphatic heterocycles. The molecule has 0 saturated carbocycles. The van der Waals surface area contributed by atoms with Crippen molar-refractivity contribution < 1.29 is 0 Å². The van der Waals surface area contributed by atoms with Crippen LogP contribution < -0.4 is 14.7 Å². The molecule has 8 heteroatoms. The van der Waals surface area contributed by atoms with Gasteiger partial charge in [0.2, 0.25) is 17.8 Å². The lowest BCUT2D eigenvalue weighted by atomic mass is 10.3. The first kappa shape index (κ1) is 16.4. The van der Waals surface area contributed by atoms with Crippen LogP contribution in [0.4, 0.5) is 17.8 Å². The van der Waals surface area contributed by atoms with Gasteiger partial charge in [0.05, 0.1) is 0 Å². The van der Waals surface area contributed by atoms with Crippen LogP contribution in [0, 0.1) is 20.8 Å². The van der Waals surface area contributed by atoms with Crippen LogP contribution in [-0.4, -0.2) is 65.2 Å². The number of rotatable bonds is 3. The monoisotopic (exact) mass is 328 g/mol. The second kappa shape index (κ2) is 6.54. The molecule has 0 unspecified atom stereocenters. The van der Waals surface area contributed by atoms with E-state index in [1.165, 1.54) is 0 Å². The molecular weight excluding hydrogens is 304 g/mol. The molecule has 3 rings (SSSR count). The van der Waals surface area contributed by atoms with E-state index in [0.29, 0.717) is 5.95 Å². The molecule has 1 aliphatic rings. The number of aromatic nitrogens is 5. The Hall–Kier alpha value is -2.51. The second-order valence-corrected chi connectivity index (χ2v) is 6.30. The first-order valence-corrected chi connectivity index (χ1v) is 8.14. The second-order valence-electron chi connectivity index (χ2n) is 6.30. The summed E-state index contributed by atoms with van der Waals surface area (Å²) in [5.74, 6) is 2.99. The van der Waals surface area contributed by atoms with Crippen molar-refractivity contribution in [3.8, 4) is 0 Å². The predicted octanol–water partition coefficient (Wildman–Crippen LogP) is 0.979. The van der Waals surface area contributed by atoms with E-state index in [1.54, 1.807) is 0 Å². The van der Waals surface area contributed by atoms with Crippen molar-refractivity contribution in [2.45, 2.75) is 20.8 Å². The summed E-state index contributed by atoms with van der Waals surface area (Å²) in [6, 6.07) is 2.00. The fraction of sp³-hybridized carbons (Fsp3) is 0.562. The molecule has 0 N–H and O–H groups in total. The summed E-state index contributed by atoms with van der Waals surface area (Å²) >= 11 is 0. The summed E-state index contributed by atoms with van der Waals surface area (Å²) in [6.45, 7) is 9.29. The Labute approximate surface area is 142 Å². The fourth-order valence-corrected chi connectivity index (χ4v) is 2.75. The molecule has 0 aromatic carbocycles. The average molecular weight is 328 g/mol. The lowest BCUT2D eigenvalue weighted by Gasteiger charge is -2.35. The molecule has 0 radical (unpaired) electrons. The molecule has 0 bridgehead atoms. The van der Waals surface area contributed by atoms with Crippen molar-refractivity contribution in [2.24, 2.45) is 0 Å². The third kappa shape index (κ3) is 3.52. The summed E-state index contributed by atoms with van der Waals surface area (Å²) < 4.78 is 0. The predicted molar refractivity (Wildman–Crippen MR) is 94.8 cm³/mol. The Morgan fingerprint density at radius 3 is 1.75 bits per heavy atom. The van der Waals surface area contributed by atoms with Gasteiger partial charge in [0.15, 0.2) is 0 Å². The van der Waals surface area contributed by atoms with Crippen molar-refractivity contribution in [3.05, 3.63) is 23.3 Å². The number of hydrogen-bond donors (Lipinski definition) is 0. The summed E-state index contributed by atoms with van der Waals surface area (Å²) in [7, 11) is 3.88. The van der Waals surface area contributed by atoms with E-state index in [2.05, 4.69) is 34.7 Å². The highest BCUT2D eigenvalue weighted by molar-refractivity contribution is 5.41. The van der Waals surface area contributed by atoms with Crippen LogP contribution in [0.25, 0.3) is 0 Å². The summed E-state index contributed by atoms with van der Waals surface area (Å²) in [5, 5.41) is 0. The van der Waals surface area contributed by atoms with Crippen molar-refractivity contribution >= 4 is 17.8 Å². The molecule has 0 aliphatic carbocycles. The molecular formula is C16H24N8. The molecule has 24 heavy (non-hydrogen) atoms. The van der Waals surface area contributed by atoms with Gasteiger partial charge in [-0.25, -0.2) is 9.97 Å². The SMILES string of the molecule is Cc1cc(C)nc(N2CCN(c3nc(C)nc(N(C)C)n3)CC2)n1. The zero-order chi connectivity index (χ0) is 17.3. The van der Waals surface area contributed by atoms with Gasteiger partial charge in [-0.2, -0.15) is 15.0 Å². The maximum absolute atomic E-state index is 4.56. The maximum atomic E-state index is 4.56. The summed E-state index contributed by atoms with van der Waals surface area (Å²) in [6.07, 6.45) is 0. The minimum absolute atomic E-state index is 0.692. The Balaban J connectivity index is 1.73. The van der Waals surface area contributed by atoms with Gasteiger partial charge in [0.1, 0.15) is 5.82 Å². The highest BCUT2D eigenvalue weighted by Crippen LogP contribution is 2.17. The number of nitrogens with zero attached hydrogens (tertiary/aromatic N) is 8. The van der Waals surface area contributed by atoms with Crippen LogP contribution in [0.1, 0.15) is 17.2 Å². The largest absolute Gasteiger partial charge is 0.347 e. The summed E-state index contributed by atoms with van der Waals surface area (Å²) in [5.41, 5.74) is 2.01. The van der Waals surface area contributed by atoms with E-state index in [0.717, 1.165) is 55.3 Å². The van der Waals surface area contributed by atoms with Crippen LogP contribution in [-0.2, 0) is 0 Å². The van der Waals surface area contributed by atoms with E-state index in [4.69, 9.17) is 0 Å². The van der Waals surface area contributed by atoms with Crippen LogP contribution >= 0.6 is 0 Å². The lowest BCUT2D eigenvalue weighted by Crippen LogP contribution is -2.48. The smallest absolute Gasteiger partial charge is 0.230 e. The average Bonchev–Trinajstić information content (AvgIpc) is 2.53. The Morgan fingerprint density at radius 2 is 1.25 bits per heavy atom. The minimum atomic E-state index is 0.692. The number of hydrogen-bond acceptors (Lipinski definition) is 8. The number of aryl methyl sites for hydroxylation is 3. The minimum Gasteiger partial charge on any atom is -0.347 e. The molecule has 2 aromatic rings. The van der Waals surface area contributed by atoms with E-state index in [9.17, 15) is 0 Å². The first-order valence-electron chi connectivity index (χ1n) is 8.14. The summed E-state index contributed by atoms with van der Waals surface area (Å²) in [4.78, 5) is 28.8. The topological polar surface area (TPSA) is 74.2 Å². The van der Waals surface area contributed by atoms with E-state index in [-0.39, 0.29) is 0 Å². The molecule has 0 spiro atoms. The lowest BCUT2D eigenvalue weighted by molar-refractivity contribution is 0.623. The molecule has 2 aromatic heterocycles. The number of piperazine rings is 1. The third-order valence-corrected chi connectivity index (χ3v) is 3.94. The van der Waals surface area contributed by atoms with Crippen LogP contribution in [0.2, 0.25) is 0 Å². The van der Waals surface area contributed by atoms with Gasteiger partial charge < -0.3 is 14.7 Å². The Kier molecular flexibility index (Phi) is 4.46. The molecule has 1 saturated heterocycles. The van der Waals surface area contributed by atoms with Crippen LogP contribution in [0.15, 0.2) is 6.07 Å². The van der Waals surface area contributed by atoms with Gasteiger partial charge in [-0.1, -0.05) is 0 Å². The van der Waals surface area contributed by atoms with Crippen molar-refractivity contribution in [1.29, 1.82) is 0 Å². The maximum Gasteiger partial charge on any atom is 0.230 e. The van der Waals surface area contributed by atoms with Gasteiger partial charge in [-0.05, 0) is 26.8 Å². The standard InChI is InChI=1S/C16H24N8/c1-11-10-12(2)18-15(17-11)23-6-8-24(9-7-23)16-20-13(3)19-14(21-16)22(4)5/h10H,6-9H2,1-5H3. The van der Waals surface area contributed by atoms with Crippen LogP contribution in [0.3, 0.4) is 0 Å². The zero-order valence-corrected chi connectivity index (χ0v) is 15.0. The third-order valence-electron chi connectivity index (χ3n) is 3.94. The molecule has 0 atom stereocenters. The molecule has 3 heterocycles.